The van der Waals surface area contributed by atoms with Crippen LogP contribution in [0.1, 0.15) is 41.9 Å². The number of ketones is 1. The van der Waals surface area contributed by atoms with Crippen LogP contribution in [0.25, 0.3) is 10.9 Å². The zero-order valence-electron chi connectivity index (χ0n) is 16.6. The number of aliphatic carboxylic acids is 2. The van der Waals surface area contributed by atoms with Gasteiger partial charge in [-0.1, -0.05) is 47.8 Å². The van der Waals surface area contributed by atoms with Crippen molar-refractivity contribution in [1.82, 2.24) is 4.57 Å². The third-order valence-electron chi connectivity index (χ3n) is 5.42. The molecule has 9 heteroatoms. The van der Waals surface area contributed by atoms with Crippen molar-refractivity contribution in [2.75, 3.05) is 0 Å². The molecule has 31 heavy (non-hydrogen) atoms. The van der Waals surface area contributed by atoms with Crippen molar-refractivity contribution < 1.29 is 24.6 Å². The zero-order valence-corrected chi connectivity index (χ0v) is 18.8. The number of aryl methyl sites for hydroxylation is 1. The predicted molar refractivity (Wildman–Crippen MR) is 120 cm³/mol. The minimum atomic E-state index is -2.35. The van der Waals surface area contributed by atoms with E-state index in [9.17, 15) is 24.6 Å². The third-order valence-corrected chi connectivity index (χ3v) is 6.20. The van der Waals surface area contributed by atoms with Crippen molar-refractivity contribution in [3.05, 3.63) is 68.3 Å². The van der Waals surface area contributed by atoms with E-state index in [-0.39, 0.29) is 34.8 Å². The van der Waals surface area contributed by atoms with Gasteiger partial charge in [0.15, 0.2) is 5.41 Å². The fourth-order valence-electron chi connectivity index (χ4n) is 3.90. The predicted octanol–water partition coefficient (Wildman–Crippen LogP) is 5.67. The molecular weight excluding hydrogens is 465 g/mol. The van der Waals surface area contributed by atoms with Crippen LogP contribution in [0, 0.1) is 0 Å². The largest absolute Gasteiger partial charge is 0.480 e. The molecule has 162 valence electrons. The first-order chi connectivity index (χ1) is 14.6. The number of carboxylic acid groups (broad SMARTS) is 2. The molecule has 0 spiro atoms. The molecule has 0 aliphatic rings. The lowest BCUT2D eigenvalue weighted by Crippen LogP contribution is -2.44. The second kappa shape index (κ2) is 8.54. The van der Waals surface area contributed by atoms with Crippen LogP contribution in [-0.4, -0.2) is 32.5 Å². The van der Waals surface area contributed by atoms with E-state index >= 15 is 0 Å². The number of carbonyl (C=O) groups is 3. The Morgan fingerprint density at radius 2 is 1.52 bits per heavy atom. The maximum absolute atomic E-state index is 13.7. The summed E-state index contributed by atoms with van der Waals surface area (Å²) in [7, 11) is 0. The Morgan fingerprint density at radius 1 is 0.935 bits per heavy atom. The Labute approximate surface area is 192 Å². The van der Waals surface area contributed by atoms with Crippen LogP contribution in [0.15, 0.2) is 36.4 Å². The minimum absolute atomic E-state index is 0.0596. The highest BCUT2D eigenvalue weighted by atomic mass is 35.5. The molecule has 0 atom stereocenters. The van der Waals surface area contributed by atoms with Gasteiger partial charge in [-0.15, -0.1) is 0 Å². The number of benzene rings is 2. The van der Waals surface area contributed by atoms with E-state index in [2.05, 4.69) is 0 Å². The van der Waals surface area contributed by atoms with Gasteiger partial charge < -0.3 is 14.8 Å². The minimum Gasteiger partial charge on any atom is -0.480 e. The Bertz CT molecular complexity index is 1220. The molecule has 0 unspecified atom stereocenters. The van der Waals surface area contributed by atoms with Crippen molar-refractivity contribution in [2.24, 2.45) is 0 Å². The Kier molecular flexibility index (Phi) is 6.37. The SMILES string of the molecule is CCn1c(C(=O)c2ccc(Cl)cc2Cl)c(C(CC)(C(=O)O)C(=O)O)c2ccc(Cl)cc21. The smallest absolute Gasteiger partial charge is 0.325 e. The maximum Gasteiger partial charge on any atom is 0.325 e. The molecule has 0 bridgehead atoms. The molecule has 0 aliphatic carbocycles. The first-order valence-corrected chi connectivity index (χ1v) is 10.5. The van der Waals surface area contributed by atoms with Gasteiger partial charge in [-0.2, -0.15) is 0 Å². The van der Waals surface area contributed by atoms with Gasteiger partial charge in [0.1, 0.15) is 0 Å². The van der Waals surface area contributed by atoms with E-state index in [1.54, 1.807) is 17.6 Å². The summed E-state index contributed by atoms with van der Waals surface area (Å²) in [6, 6.07) is 8.95. The number of hydrogen-bond donors (Lipinski definition) is 2. The van der Waals surface area contributed by atoms with Crippen molar-refractivity contribution in [2.45, 2.75) is 32.2 Å². The number of fused-ring (bicyclic) bond motifs is 1. The standard InChI is InChI=1S/C22H18Cl3NO5/c1-3-22(20(28)29,21(30)31)17-14-8-6-12(24)10-16(14)26(4-2)18(17)19(27)13-7-5-11(23)9-15(13)25/h5-10H,3-4H2,1-2H3,(H,28,29)(H,30,31). The van der Waals surface area contributed by atoms with Crippen LogP contribution < -0.4 is 0 Å². The molecule has 1 aromatic heterocycles. The molecule has 0 saturated heterocycles. The number of aromatic nitrogens is 1. The second-order valence-corrected chi connectivity index (χ2v) is 8.23. The van der Waals surface area contributed by atoms with E-state index in [4.69, 9.17) is 34.8 Å². The molecule has 0 saturated carbocycles. The molecule has 6 nitrogen and oxygen atoms in total. The van der Waals surface area contributed by atoms with E-state index in [0.29, 0.717) is 20.9 Å². The van der Waals surface area contributed by atoms with Crippen LogP contribution in [0.2, 0.25) is 15.1 Å². The van der Waals surface area contributed by atoms with Crippen LogP contribution in [0.3, 0.4) is 0 Å². The summed E-state index contributed by atoms with van der Waals surface area (Å²) < 4.78 is 1.57. The molecule has 0 radical (unpaired) electrons. The van der Waals surface area contributed by atoms with E-state index < -0.39 is 23.1 Å². The lowest BCUT2D eigenvalue weighted by Gasteiger charge is -2.25. The molecule has 1 heterocycles. The highest BCUT2D eigenvalue weighted by Gasteiger charge is 2.51. The Morgan fingerprint density at radius 3 is 2.03 bits per heavy atom. The molecule has 0 amide bonds. The summed E-state index contributed by atoms with van der Waals surface area (Å²) in [5.41, 5.74) is -1.97. The van der Waals surface area contributed by atoms with Crippen molar-refractivity contribution >= 4 is 63.4 Å². The number of carbonyl (C=O) groups excluding carboxylic acids is 1. The van der Waals surface area contributed by atoms with Gasteiger partial charge in [0.2, 0.25) is 5.78 Å². The highest BCUT2D eigenvalue weighted by Crippen LogP contribution is 2.41. The van der Waals surface area contributed by atoms with Gasteiger partial charge in [0.05, 0.1) is 16.2 Å². The molecule has 2 N–H and O–H groups in total. The van der Waals surface area contributed by atoms with Gasteiger partial charge in [0.25, 0.3) is 0 Å². The number of nitrogens with zero attached hydrogens (tertiary/aromatic N) is 1. The fourth-order valence-corrected chi connectivity index (χ4v) is 4.57. The number of halogens is 3. The molecule has 2 aromatic carbocycles. The second-order valence-electron chi connectivity index (χ2n) is 6.95. The van der Waals surface area contributed by atoms with E-state index in [1.807, 2.05) is 0 Å². The third kappa shape index (κ3) is 3.59. The number of rotatable bonds is 7. The summed E-state index contributed by atoms with van der Waals surface area (Å²) in [6.07, 6.45) is -0.280. The van der Waals surface area contributed by atoms with E-state index in [0.717, 1.165) is 0 Å². The van der Waals surface area contributed by atoms with E-state index in [1.165, 1.54) is 37.3 Å². The summed E-state index contributed by atoms with van der Waals surface area (Å²) in [4.78, 5) is 38.4. The quantitative estimate of drug-likeness (QED) is 0.334. The van der Waals surface area contributed by atoms with Crippen LogP contribution >= 0.6 is 34.8 Å². The molecule has 3 aromatic rings. The fraction of sp³-hybridized carbons (Fsp3) is 0.227. The normalized spacial score (nSPS) is 11.6. The maximum atomic E-state index is 13.7. The monoisotopic (exact) mass is 481 g/mol. The summed E-state index contributed by atoms with van der Waals surface area (Å²) >= 11 is 18.4. The zero-order chi connectivity index (χ0) is 23.1. The van der Waals surface area contributed by atoms with Gasteiger partial charge in [0, 0.05) is 33.1 Å². The summed E-state index contributed by atoms with van der Waals surface area (Å²) in [5.74, 6) is -3.74. The first-order valence-electron chi connectivity index (χ1n) is 9.38. The van der Waals surface area contributed by atoms with Crippen molar-refractivity contribution in [1.29, 1.82) is 0 Å². The first kappa shape index (κ1) is 23.1. The topological polar surface area (TPSA) is 96.6 Å². The molecule has 0 fully saturated rings. The van der Waals surface area contributed by atoms with Crippen molar-refractivity contribution in [3.63, 3.8) is 0 Å². The van der Waals surface area contributed by atoms with Gasteiger partial charge in [-0.25, -0.2) is 0 Å². The Balaban J connectivity index is 2.53. The van der Waals surface area contributed by atoms with Gasteiger partial charge in [-0.3, -0.25) is 14.4 Å². The summed E-state index contributed by atoms with van der Waals surface area (Å²) in [6.45, 7) is 3.48. The average Bonchev–Trinajstić information content (AvgIpc) is 3.01. The lowest BCUT2D eigenvalue weighted by atomic mass is 9.75. The van der Waals surface area contributed by atoms with Crippen LogP contribution in [0.5, 0.6) is 0 Å². The van der Waals surface area contributed by atoms with Crippen molar-refractivity contribution in [3.8, 4) is 0 Å². The molecule has 3 rings (SSSR count). The van der Waals surface area contributed by atoms with Gasteiger partial charge >= 0.3 is 11.9 Å². The highest BCUT2D eigenvalue weighted by molar-refractivity contribution is 6.38. The van der Waals surface area contributed by atoms with Crippen LogP contribution in [0.4, 0.5) is 0 Å². The lowest BCUT2D eigenvalue weighted by molar-refractivity contribution is -0.157. The van der Waals surface area contributed by atoms with Gasteiger partial charge in [-0.05, 0) is 43.7 Å². The average molecular weight is 483 g/mol. The molecular formula is C22H18Cl3NO5. The van der Waals surface area contributed by atoms with Crippen LogP contribution in [-0.2, 0) is 21.5 Å². The number of carboxylic acids is 2. The Hall–Kier alpha value is -2.54. The number of hydrogen-bond acceptors (Lipinski definition) is 3. The summed E-state index contributed by atoms with van der Waals surface area (Å²) in [5, 5.41) is 21.2. The molecule has 0 aliphatic heterocycles.